The molecule has 0 unspecified atom stereocenters. The zero-order valence-corrected chi connectivity index (χ0v) is 17.3. The zero-order chi connectivity index (χ0) is 20.3. The van der Waals surface area contributed by atoms with E-state index in [-0.39, 0.29) is 0 Å². The van der Waals surface area contributed by atoms with Gasteiger partial charge >= 0.3 is 0 Å². The molecule has 3 heterocycles. The summed E-state index contributed by atoms with van der Waals surface area (Å²) in [6.45, 7) is 0.904. The normalized spacial score (nSPS) is 19.0. The van der Waals surface area contributed by atoms with E-state index in [1.807, 2.05) is 48.7 Å². The topological polar surface area (TPSA) is 53.6 Å². The lowest BCUT2D eigenvalue weighted by Gasteiger charge is -2.30. The van der Waals surface area contributed by atoms with E-state index in [0.29, 0.717) is 12.0 Å². The summed E-state index contributed by atoms with van der Waals surface area (Å²) in [6.07, 6.45) is 4.00. The fourth-order valence-corrected chi connectivity index (χ4v) is 4.32. The van der Waals surface area contributed by atoms with E-state index in [9.17, 15) is 0 Å². The summed E-state index contributed by atoms with van der Waals surface area (Å²) in [5, 5.41) is 4.45. The van der Waals surface area contributed by atoms with Gasteiger partial charge in [-0.15, -0.1) is 0 Å². The number of rotatable bonds is 4. The lowest BCUT2D eigenvalue weighted by Crippen LogP contribution is -2.32. The molecule has 0 bridgehead atoms. The first-order valence-electron chi connectivity index (χ1n) is 10.3. The number of nitrogens with one attached hydrogen (secondary N) is 2. The molecular formula is C25H23ClN4. The van der Waals surface area contributed by atoms with Crippen LogP contribution in [0.1, 0.15) is 36.1 Å². The van der Waals surface area contributed by atoms with Crippen LogP contribution in [0.25, 0.3) is 22.8 Å². The van der Waals surface area contributed by atoms with Gasteiger partial charge in [0, 0.05) is 41.0 Å². The van der Waals surface area contributed by atoms with Crippen molar-refractivity contribution < 1.29 is 0 Å². The Morgan fingerprint density at radius 3 is 2.37 bits per heavy atom. The van der Waals surface area contributed by atoms with E-state index in [0.717, 1.165) is 52.9 Å². The van der Waals surface area contributed by atoms with Crippen molar-refractivity contribution in [3.05, 3.63) is 95.3 Å². The predicted octanol–water partition coefficient (Wildman–Crippen LogP) is 6.00. The average molecular weight is 415 g/mol. The number of halogens is 1. The van der Waals surface area contributed by atoms with Gasteiger partial charge in [-0.05, 0) is 54.8 Å². The zero-order valence-electron chi connectivity index (χ0n) is 16.6. The van der Waals surface area contributed by atoms with Crippen molar-refractivity contribution in [3.8, 4) is 22.8 Å². The third-order valence-electron chi connectivity index (χ3n) is 5.78. The highest BCUT2D eigenvalue weighted by Gasteiger charge is 2.27. The van der Waals surface area contributed by atoms with E-state index in [1.54, 1.807) is 0 Å². The molecule has 0 radical (unpaired) electrons. The van der Waals surface area contributed by atoms with E-state index in [2.05, 4.69) is 45.6 Å². The molecule has 2 aromatic heterocycles. The van der Waals surface area contributed by atoms with E-state index in [4.69, 9.17) is 16.6 Å². The average Bonchev–Trinajstić information content (AvgIpc) is 3.26. The Kier molecular flexibility index (Phi) is 5.35. The monoisotopic (exact) mass is 414 g/mol. The van der Waals surface area contributed by atoms with Gasteiger partial charge in [0.1, 0.15) is 11.5 Å². The van der Waals surface area contributed by atoms with Crippen molar-refractivity contribution in [2.45, 2.75) is 24.8 Å². The number of pyridine rings is 1. The number of nitrogens with zero attached hydrogens (tertiary/aromatic N) is 2. The van der Waals surface area contributed by atoms with Crippen molar-refractivity contribution in [1.29, 1.82) is 0 Å². The van der Waals surface area contributed by atoms with Crippen LogP contribution in [0, 0.1) is 0 Å². The number of benzene rings is 2. The number of piperidine rings is 1. The molecule has 4 aromatic rings. The summed E-state index contributed by atoms with van der Waals surface area (Å²) in [5.41, 5.74) is 5.36. The Morgan fingerprint density at radius 1 is 0.867 bits per heavy atom. The van der Waals surface area contributed by atoms with Gasteiger partial charge in [0.25, 0.3) is 0 Å². The summed E-state index contributed by atoms with van der Waals surface area (Å²) in [7, 11) is 0. The second kappa shape index (κ2) is 8.42. The number of hydrogen-bond donors (Lipinski definition) is 2. The molecule has 2 N–H and O–H groups in total. The molecule has 1 saturated heterocycles. The maximum absolute atomic E-state index is 6.07. The Bertz CT molecular complexity index is 1100. The summed E-state index contributed by atoms with van der Waals surface area (Å²) in [5.74, 6) is 1.21. The van der Waals surface area contributed by atoms with Crippen molar-refractivity contribution in [3.63, 3.8) is 0 Å². The summed E-state index contributed by atoms with van der Waals surface area (Å²) in [4.78, 5) is 13.1. The Labute approximate surface area is 181 Å². The first kappa shape index (κ1) is 19.0. The maximum atomic E-state index is 6.07. The molecule has 0 amide bonds. The Hall–Kier alpha value is -2.95. The van der Waals surface area contributed by atoms with Gasteiger partial charge in [0.2, 0.25) is 0 Å². The molecule has 2 aromatic carbocycles. The quantitative estimate of drug-likeness (QED) is 0.430. The maximum Gasteiger partial charge on any atom is 0.138 e. The van der Waals surface area contributed by atoms with Crippen LogP contribution in [0.15, 0.2) is 79.0 Å². The number of H-pyrrole nitrogens is 1. The molecule has 5 rings (SSSR count). The van der Waals surface area contributed by atoms with Gasteiger partial charge in [-0.2, -0.15) is 0 Å². The van der Waals surface area contributed by atoms with Crippen molar-refractivity contribution in [1.82, 2.24) is 20.3 Å². The van der Waals surface area contributed by atoms with Crippen molar-refractivity contribution in [2.24, 2.45) is 0 Å². The first-order valence-corrected chi connectivity index (χ1v) is 10.7. The highest BCUT2D eigenvalue weighted by Crippen LogP contribution is 2.36. The molecular weight excluding hydrogens is 392 g/mol. The summed E-state index contributed by atoms with van der Waals surface area (Å²) in [6, 6.07) is 24.8. The van der Waals surface area contributed by atoms with Gasteiger partial charge in [0.05, 0.1) is 5.69 Å². The Balaban J connectivity index is 1.46. The highest BCUT2D eigenvalue weighted by molar-refractivity contribution is 6.30. The number of imidazole rings is 1. The van der Waals surface area contributed by atoms with Crippen LogP contribution in [-0.2, 0) is 0 Å². The summed E-state index contributed by atoms with van der Waals surface area (Å²) >= 11 is 6.07. The highest BCUT2D eigenvalue weighted by atomic mass is 35.5. The molecule has 0 aliphatic carbocycles. The second-order valence-corrected chi connectivity index (χ2v) is 8.15. The largest absolute Gasteiger partial charge is 0.341 e. The van der Waals surface area contributed by atoms with Crippen LogP contribution in [0.5, 0.6) is 0 Å². The molecule has 150 valence electrons. The Morgan fingerprint density at radius 2 is 1.67 bits per heavy atom. The van der Waals surface area contributed by atoms with Gasteiger partial charge in [-0.25, -0.2) is 4.98 Å². The summed E-state index contributed by atoms with van der Waals surface area (Å²) < 4.78 is 0. The van der Waals surface area contributed by atoms with Gasteiger partial charge in [-0.3, -0.25) is 4.98 Å². The van der Waals surface area contributed by atoms with Gasteiger partial charge in [-0.1, -0.05) is 48.0 Å². The number of aromatic nitrogens is 3. The third-order valence-corrected chi connectivity index (χ3v) is 6.03. The minimum atomic E-state index is 0.357. The lowest BCUT2D eigenvalue weighted by atomic mass is 9.88. The molecule has 0 saturated carbocycles. The van der Waals surface area contributed by atoms with Crippen LogP contribution in [0.4, 0.5) is 0 Å². The lowest BCUT2D eigenvalue weighted by molar-refractivity contribution is 0.371. The molecule has 0 spiro atoms. The fraction of sp³-hybridized carbons (Fsp3) is 0.200. The van der Waals surface area contributed by atoms with Crippen LogP contribution in [0.3, 0.4) is 0 Å². The van der Waals surface area contributed by atoms with Crippen LogP contribution in [-0.4, -0.2) is 21.5 Å². The molecule has 1 aliphatic heterocycles. The predicted molar refractivity (Wildman–Crippen MR) is 121 cm³/mol. The standard InChI is InChI=1S/C25H23ClN4/c26-20-12-9-18(10-13-20)25-29-23(24(30-25)22-8-4-5-15-27-22)19-11-14-21(28-16-19)17-6-2-1-3-7-17/h1-10,12-13,15,19,21,28H,11,14,16H2,(H,29,30)/t19-,21+/m0/s1. The number of hydrogen-bond acceptors (Lipinski definition) is 3. The third kappa shape index (κ3) is 3.89. The van der Waals surface area contributed by atoms with Gasteiger partial charge < -0.3 is 10.3 Å². The molecule has 30 heavy (non-hydrogen) atoms. The van der Waals surface area contributed by atoms with E-state index in [1.165, 1.54) is 5.56 Å². The molecule has 1 aliphatic rings. The molecule has 2 atom stereocenters. The minimum Gasteiger partial charge on any atom is -0.341 e. The molecule has 5 heteroatoms. The molecule has 4 nitrogen and oxygen atoms in total. The van der Waals surface area contributed by atoms with Crippen molar-refractivity contribution >= 4 is 11.6 Å². The number of aromatic amines is 1. The first-order chi connectivity index (χ1) is 14.8. The minimum absolute atomic E-state index is 0.357. The van der Waals surface area contributed by atoms with Crippen molar-refractivity contribution in [2.75, 3.05) is 6.54 Å². The molecule has 1 fully saturated rings. The van der Waals surface area contributed by atoms with Crippen LogP contribution in [0.2, 0.25) is 5.02 Å². The fourth-order valence-electron chi connectivity index (χ4n) is 4.20. The van der Waals surface area contributed by atoms with Crippen LogP contribution >= 0.6 is 11.6 Å². The van der Waals surface area contributed by atoms with E-state index >= 15 is 0 Å². The second-order valence-electron chi connectivity index (χ2n) is 7.72. The smallest absolute Gasteiger partial charge is 0.138 e. The SMILES string of the molecule is Clc1ccc(-c2nc(-c3ccccn3)c([C@H]3CC[C@H](c4ccccc4)NC3)[nH]2)cc1. The van der Waals surface area contributed by atoms with E-state index < -0.39 is 0 Å². The van der Waals surface area contributed by atoms with Gasteiger partial charge in [0.15, 0.2) is 0 Å². The van der Waals surface area contributed by atoms with Crippen LogP contribution < -0.4 is 5.32 Å².